The number of benzene rings is 1. The first-order valence-corrected chi connectivity index (χ1v) is 5.15. The fraction of sp³-hybridized carbons (Fsp3) is 0.417. The molecule has 1 radical (unpaired) electrons. The van der Waals surface area contributed by atoms with Gasteiger partial charge < -0.3 is 4.74 Å². The summed E-state index contributed by atoms with van der Waals surface area (Å²) >= 11 is 0. The van der Waals surface area contributed by atoms with Gasteiger partial charge >= 0.3 is 5.97 Å². The van der Waals surface area contributed by atoms with Crippen molar-refractivity contribution >= 4 is 5.97 Å². The van der Waals surface area contributed by atoms with Gasteiger partial charge in [0, 0.05) is 0 Å². The highest BCUT2D eigenvalue weighted by molar-refractivity contribution is 5.89. The number of esters is 1. The maximum atomic E-state index is 11.4. The third-order valence-electron chi connectivity index (χ3n) is 2.03. The van der Waals surface area contributed by atoms with Crippen LogP contribution in [-0.4, -0.2) is 19.2 Å². The van der Waals surface area contributed by atoms with Crippen molar-refractivity contribution in [1.82, 2.24) is 0 Å². The Bertz CT molecular complexity index is 282. The fourth-order valence-corrected chi connectivity index (χ4v) is 1.20. The summed E-state index contributed by atoms with van der Waals surface area (Å²) in [6.45, 7) is 0.348. The lowest BCUT2D eigenvalue weighted by Gasteiger charge is -2.03. The van der Waals surface area contributed by atoms with Crippen molar-refractivity contribution in [2.45, 2.75) is 19.3 Å². The van der Waals surface area contributed by atoms with Crippen molar-refractivity contribution in [3.05, 3.63) is 35.9 Å². The van der Waals surface area contributed by atoms with Gasteiger partial charge in [-0.25, -0.2) is 9.90 Å². The molecule has 0 aliphatic rings. The molecule has 0 saturated carbocycles. The fourth-order valence-electron chi connectivity index (χ4n) is 1.20. The molecular formula is C12H15O3. The van der Waals surface area contributed by atoms with Crippen LogP contribution < -0.4 is 0 Å². The Labute approximate surface area is 89.7 Å². The van der Waals surface area contributed by atoms with E-state index < -0.39 is 0 Å². The van der Waals surface area contributed by atoms with E-state index in [4.69, 9.17) is 4.74 Å². The second kappa shape index (κ2) is 7.01. The predicted molar refractivity (Wildman–Crippen MR) is 56.1 cm³/mol. The maximum Gasteiger partial charge on any atom is 0.338 e. The Hall–Kier alpha value is -1.35. The number of hydrogen-bond donors (Lipinski definition) is 0. The molecule has 1 aromatic carbocycles. The lowest BCUT2D eigenvalue weighted by molar-refractivity contribution is 0.0495. The number of unbranched alkanes of at least 4 members (excludes halogenated alkanes) is 2. The van der Waals surface area contributed by atoms with Crippen LogP contribution >= 0.6 is 0 Å². The molecule has 0 heterocycles. The number of carbonyl (C=O) groups excluding carboxylic acids is 1. The van der Waals surface area contributed by atoms with Crippen LogP contribution in [0.2, 0.25) is 0 Å². The summed E-state index contributed by atoms with van der Waals surface area (Å²) in [7, 11) is 0. The van der Waals surface area contributed by atoms with Gasteiger partial charge in [0.15, 0.2) is 0 Å². The van der Waals surface area contributed by atoms with Crippen LogP contribution in [0.15, 0.2) is 30.3 Å². The Kier molecular flexibility index (Phi) is 5.48. The number of hydrogen-bond acceptors (Lipinski definition) is 2. The van der Waals surface area contributed by atoms with Gasteiger partial charge in [-0.1, -0.05) is 18.2 Å². The predicted octanol–water partition coefficient (Wildman–Crippen LogP) is 2.44. The van der Waals surface area contributed by atoms with Crippen molar-refractivity contribution in [3.8, 4) is 0 Å². The van der Waals surface area contributed by atoms with E-state index in [1.54, 1.807) is 24.3 Å². The van der Waals surface area contributed by atoms with Gasteiger partial charge in [-0.15, -0.1) is 0 Å². The van der Waals surface area contributed by atoms with E-state index in [1.165, 1.54) is 0 Å². The van der Waals surface area contributed by atoms with Gasteiger partial charge in [-0.2, -0.15) is 0 Å². The van der Waals surface area contributed by atoms with Crippen molar-refractivity contribution in [2.24, 2.45) is 0 Å². The first-order valence-electron chi connectivity index (χ1n) is 5.15. The summed E-state index contributed by atoms with van der Waals surface area (Å²) in [5.74, 6) is -0.294. The van der Waals surface area contributed by atoms with Gasteiger partial charge in [0.2, 0.25) is 0 Å². The van der Waals surface area contributed by atoms with E-state index in [-0.39, 0.29) is 12.6 Å². The molecule has 0 atom stereocenters. The minimum Gasteiger partial charge on any atom is -0.462 e. The van der Waals surface area contributed by atoms with E-state index in [0.717, 1.165) is 12.8 Å². The summed E-state index contributed by atoms with van der Waals surface area (Å²) in [5, 5.41) is 10.1. The van der Waals surface area contributed by atoms with Gasteiger partial charge in [0.25, 0.3) is 0 Å². The molecule has 0 fully saturated rings. The Balaban J connectivity index is 2.20. The Morgan fingerprint density at radius 1 is 1.07 bits per heavy atom. The maximum absolute atomic E-state index is 11.4. The largest absolute Gasteiger partial charge is 0.462 e. The average Bonchev–Trinajstić information content (AvgIpc) is 2.30. The molecule has 0 aromatic heterocycles. The molecule has 0 spiro atoms. The van der Waals surface area contributed by atoms with Crippen LogP contribution in [-0.2, 0) is 9.84 Å². The number of rotatable bonds is 6. The van der Waals surface area contributed by atoms with Crippen LogP contribution in [0.5, 0.6) is 0 Å². The topological polar surface area (TPSA) is 46.2 Å². The minimum atomic E-state index is -0.294. The molecule has 0 bridgehead atoms. The zero-order chi connectivity index (χ0) is 10.9. The van der Waals surface area contributed by atoms with E-state index in [0.29, 0.717) is 18.6 Å². The summed E-state index contributed by atoms with van der Waals surface area (Å²) in [5.41, 5.74) is 0.571. The SMILES string of the molecule is [O]CCCCCOC(=O)c1ccccc1. The molecule has 3 nitrogen and oxygen atoms in total. The standard InChI is InChI=1S/C12H15O3/c13-9-5-2-6-10-15-12(14)11-7-3-1-4-8-11/h1,3-4,7-8H,2,5-6,9-10H2. The molecule has 1 rings (SSSR count). The van der Waals surface area contributed by atoms with Gasteiger partial charge in [0.05, 0.1) is 18.8 Å². The van der Waals surface area contributed by atoms with Crippen LogP contribution in [0.3, 0.4) is 0 Å². The third kappa shape index (κ3) is 4.61. The van der Waals surface area contributed by atoms with E-state index in [2.05, 4.69) is 0 Å². The molecule has 0 unspecified atom stereocenters. The summed E-state index contributed by atoms with van der Waals surface area (Å²) in [6.07, 6.45) is 2.25. The van der Waals surface area contributed by atoms with Crippen molar-refractivity contribution in [1.29, 1.82) is 0 Å². The highest BCUT2D eigenvalue weighted by Crippen LogP contribution is 2.02. The molecule has 0 aliphatic heterocycles. The van der Waals surface area contributed by atoms with Crippen LogP contribution in [0.25, 0.3) is 0 Å². The number of carbonyl (C=O) groups is 1. The zero-order valence-corrected chi connectivity index (χ0v) is 8.65. The lowest BCUT2D eigenvalue weighted by Crippen LogP contribution is -2.06. The molecule has 0 N–H and O–H groups in total. The molecule has 1 aromatic rings. The first-order chi connectivity index (χ1) is 7.34. The summed E-state index contributed by atoms with van der Waals surface area (Å²) in [6, 6.07) is 8.90. The van der Waals surface area contributed by atoms with Gasteiger partial charge in [-0.05, 0) is 31.4 Å². The quantitative estimate of drug-likeness (QED) is 0.531. The zero-order valence-electron chi connectivity index (χ0n) is 8.65. The Morgan fingerprint density at radius 2 is 1.80 bits per heavy atom. The molecule has 81 valence electrons. The Morgan fingerprint density at radius 3 is 2.47 bits per heavy atom. The highest BCUT2D eigenvalue weighted by atomic mass is 16.5. The highest BCUT2D eigenvalue weighted by Gasteiger charge is 2.04. The molecular weight excluding hydrogens is 192 g/mol. The van der Waals surface area contributed by atoms with Crippen molar-refractivity contribution < 1.29 is 14.6 Å². The van der Waals surface area contributed by atoms with Crippen molar-refractivity contribution in [3.63, 3.8) is 0 Å². The summed E-state index contributed by atoms with van der Waals surface area (Å²) < 4.78 is 5.03. The monoisotopic (exact) mass is 207 g/mol. The minimum absolute atomic E-state index is 0.0490. The molecule has 15 heavy (non-hydrogen) atoms. The van der Waals surface area contributed by atoms with Crippen LogP contribution in [0.4, 0.5) is 0 Å². The second-order valence-corrected chi connectivity index (χ2v) is 3.27. The molecule has 0 saturated heterocycles. The summed E-state index contributed by atoms with van der Waals surface area (Å²) in [4.78, 5) is 11.4. The first kappa shape index (κ1) is 11.7. The number of ether oxygens (including phenoxy) is 1. The van der Waals surface area contributed by atoms with Gasteiger partial charge in [0.1, 0.15) is 0 Å². The van der Waals surface area contributed by atoms with E-state index in [9.17, 15) is 9.90 Å². The van der Waals surface area contributed by atoms with E-state index >= 15 is 0 Å². The molecule has 3 heteroatoms. The lowest BCUT2D eigenvalue weighted by atomic mass is 10.2. The van der Waals surface area contributed by atoms with Gasteiger partial charge in [-0.3, -0.25) is 0 Å². The van der Waals surface area contributed by atoms with Crippen LogP contribution in [0.1, 0.15) is 29.6 Å². The molecule has 0 amide bonds. The van der Waals surface area contributed by atoms with Crippen LogP contribution in [0, 0.1) is 0 Å². The second-order valence-electron chi connectivity index (χ2n) is 3.27. The van der Waals surface area contributed by atoms with E-state index in [1.807, 2.05) is 6.07 Å². The normalized spacial score (nSPS) is 9.93. The third-order valence-corrected chi connectivity index (χ3v) is 2.03. The average molecular weight is 207 g/mol. The smallest absolute Gasteiger partial charge is 0.338 e. The molecule has 0 aliphatic carbocycles. The van der Waals surface area contributed by atoms with Crippen molar-refractivity contribution in [2.75, 3.05) is 13.2 Å².